The summed E-state index contributed by atoms with van der Waals surface area (Å²) in [5.74, 6) is -1.04. The minimum absolute atomic E-state index is 0.0853. The Kier molecular flexibility index (Phi) is 8.19. The molecule has 5 nitrogen and oxygen atoms in total. The maximum atomic E-state index is 12.8. The Labute approximate surface area is 122 Å². The van der Waals surface area contributed by atoms with Crippen LogP contribution in [0.2, 0.25) is 0 Å². The van der Waals surface area contributed by atoms with E-state index in [1.165, 1.54) is 6.92 Å². The molecule has 0 amide bonds. The van der Waals surface area contributed by atoms with Crippen molar-refractivity contribution in [2.75, 3.05) is 6.16 Å². The van der Waals surface area contributed by atoms with Gasteiger partial charge in [-0.15, -0.1) is 0 Å². The van der Waals surface area contributed by atoms with Gasteiger partial charge in [-0.3, -0.25) is 9.36 Å². The van der Waals surface area contributed by atoms with Gasteiger partial charge in [0, 0.05) is 0 Å². The van der Waals surface area contributed by atoms with Gasteiger partial charge >= 0.3 is 7.60 Å². The quantitative estimate of drug-likeness (QED) is 0.662. The molecule has 0 radical (unpaired) electrons. The van der Waals surface area contributed by atoms with Gasteiger partial charge in [-0.2, -0.15) is 0 Å². The van der Waals surface area contributed by atoms with Crippen LogP contribution in [0, 0.1) is 11.8 Å². The smallest absolute Gasteiger partial charge is 0.331 e. The average molecular weight is 308 g/mol. The first-order valence-corrected chi connectivity index (χ1v) is 8.85. The van der Waals surface area contributed by atoms with Crippen LogP contribution in [0.3, 0.4) is 0 Å². The summed E-state index contributed by atoms with van der Waals surface area (Å²) in [6, 6.07) is 0. The van der Waals surface area contributed by atoms with Crippen LogP contribution in [-0.2, 0) is 18.4 Å². The Morgan fingerprint density at radius 2 is 1.45 bits per heavy atom. The highest BCUT2D eigenvalue weighted by atomic mass is 31.2. The van der Waals surface area contributed by atoms with Crippen LogP contribution in [0.5, 0.6) is 0 Å². The molecule has 0 aliphatic carbocycles. The fraction of sp³-hybridized carbons (Fsp3) is 0.929. The molecule has 0 saturated heterocycles. The topological polar surface area (TPSA) is 72.8 Å². The van der Waals surface area contributed by atoms with Gasteiger partial charge in [0.15, 0.2) is 0 Å². The second-order valence-corrected chi connectivity index (χ2v) is 8.06. The second kappa shape index (κ2) is 8.28. The van der Waals surface area contributed by atoms with Gasteiger partial charge in [0.05, 0.1) is 30.4 Å². The van der Waals surface area contributed by atoms with E-state index in [0.717, 1.165) is 0 Å². The summed E-state index contributed by atoms with van der Waals surface area (Å²) < 4.78 is 23.6. The van der Waals surface area contributed by atoms with Crippen molar-refractivity contribution >= 4 is 13.4 Å². The number of aliphatic hydroxyl groups excluding tert-OH is 1. The zero-order valence-electron chi connectivity index (χ0n) is 13.6. The number of hydrogen-bond donors (Lipinski definition) is 1. The minimum atomic E-state index is -3.42. The van der Waals surface area contributed by atoms with Crippen molar-refractivity contribution in [2.45, 2.75) is 66.8 Å². The van der Waals surface area contributed by atoms with E-state index in [1.54, 1.807) is 27.7 Å². The normalized spacial score (nSPS) is 15.9. The summed E-state index contributed by atoms with van der Waals surface area (Å²) in [6.07, 6.45) is -1.49. The van der Waals surface area contributed by atoms with E-state index in [9.17, 15) is 14.5 Å². The third kappa shape index (κ3) is 6.98. The monoisotopic (exact) mass is 308 g/mol. The van der Waals surface area contributed by atoms with Crippen LogP contribution in [-0.4, -0.2) is 35.4 Å². The van der Waals surface area contributed by atoms with Gasteiger partial charge in [0.25, 0.3) is 0 Å². The SMILES string of the molecule is CC(=O)[C@H](CP(=O)(OC(C)C)OC(C)C)[C@H](O)C(C)C. The molecule has 0 fully saturated rings. The fourth-order valence-electron chi connectivity index (χ4n) is 1.94. The Morgan fingerprint density at radius 1 is 1.05 bits per heavy atom. The number of aliphatic hydroxyl groups is 1. The summed E-state index contributed by atoms with van der Waals surface area (Å²) >= 11 is 0. The van der Waals surface area contributed by atoms with Crippen LogP contribution < -0.4 is 0 Å². The van der Waals surface area contributed by atoms with Crippen molar-refractivity contribution < 1.29 is 23.5 Å². The molecule has 0 aromatic heterocycles. The first kappa shape index (κ1) is 19.8. The van der Waals surface area contributed by atoms with E-state index in [-0.39, 0.29) is 30.1 Å². The van der Waals surface area contributed by atoms with Crippen LogP contribution in [0.1, 0.15) is 48.5 Å². The third-order valence-corrected chi connectivity index (χ3v) is 5.11. The van der Waals surface area contributed by atoms with Gasteiger partial charge in [-0.05, 0) is 40.5 Å². The molecule has 0 aliphatic heterocycles. The first-order chi connectivity index (χ1) is 8.98. The predicted molar refractivity (Wildman–Crippen MR) is 79.9 cm³/mol. The Hall–Kier alpha value is -0.220. The summed E-state index contributed by atoms with van der Waals surface area (Å²) in [5.41, 5.74) is 0. The number of hydrogen-bond acceptors (Lipinski definition) is 5. The summed E-state index contributed by atoms with van der Waals surface area (Å²) in [7, 11) is -3.42. The van der Waals surface area contributed by atoms with E-state index < -0.39 is 19.6 Å². The number of ketones is 1. The molecule has 0 heterocycles. The van der Waals surface area contributed by atoms with Gasteiger partial charge < -0.3 is 14.2 Å². The van der Waals surface area contributed by atoms with E-state index in [4.69, 9.17) is 9.05 Å². The molecule has 2 atom stereocenters. The lowest BCUT2D eigenvalue weighted by Gasteiger charge is -2.29. The standard InChI is InChI=1S/C14H29O5P/c1-9(2)14(16)13(12(7)15)8-20(17,18-10(3)4)19-11(5)6/h9-11,13-14,16H,8H2,1-7H3/t13-,14+/m0/s1. The zero-order valence-corrected chi connectivity index (χ0v) is 14.5. The van der Waals surface area contributed by atoms with Crippen molar-refractivity contribution in [3.8, 4) is 0 Å². The lowest BCUT2D eigenvalue weighted by molar-refractivity contribution is -0.124. The average Bonchev–Trinajstić information content (AvgIpc) is 2.21. The van der Waals surface area contributed by atoms with Gasteiger partial charge in [0.1, 0.15) is 5.78 Å². The molecule has 1 N–H and O–H groups in total. The molecule has 0 aromatic rings. The molecule has 20 heavy (non-hydrogen) atoms. The van der Waals surface area contributed by atoms with Crippen LogP contribution >= 0.6 is 7.60 Å². The Bertz CT molecular complexity index is 337. The van der Waals surface area contributed by atoms with Crippen LogP contribution in [0.15, 0.2) is 0 Å². The lowest BCUT2D eigenvalue weighted by atomic mass is 9.92. The fourth-order valence-corrected chi connectivity index (χ4v) is 4.40. The number of rotatable bonds is 9. The molecular weight excluding hydrogens is 279 g/mol. The molecule has 0 rings (SSSR count). The molecule has 0 aromatic carbocycles. The highest BCUT2D eigenvalue weighted by Gasteiger charge is 2.37. The largest absolute Gasteiger partial charge is 0.392 e. The highest BCUT2D eigenvalue weighted by Crippen LogP contribution is 2.52. The molecule has 0 bridgehead atoms. The Balaban J connectivity index is 5.18. The minimum Gasteiger partial charge on any atom is -0.392 e. The molecule has 0 unspecified atom stereocenters. The zero-order chi connectivity index (χ0) is 16.1. The van der Waals surface area contributed by atoms with Crippen molar-refractivity contribution in [1.82, 2.24) is 0 Å². The second-order valence-electron chi connectivity index (χ2n) is 6.05. The van der Waals surface area contributed by atoms with E-state index >= 15 is 0 Å². The van der Waals surface area contributed by atoms with E-state index in [2.05, 4.69) is 0 Å². The molecule has 0 aliphatic rings. The number of Topliss-reactive ketones (excluding diaryl/α,β-unsaturated/α-hetero) is 1. The van der Waals surface area contributed by atoms with Crippen LogP contribution in [0.4, 0.5) is 0 Å². The van der Waals surface area contributed by atoms with Gasteiger partial charge in [-0.25, -0.2) is 0 Å². The number of carbonyl (C=O) groups excluding carboxylic acids is 1. The molecular formula is C14H29O5P. The van der Waals surface area contributed by atoms with E-state index in [0.29, 0.717) is 0 Å². The molecule has 0 saturated carbocycles. The van der Waals surface area contributed by atoms with Crippen molar-refractivity contribution in [2.24, 2.45) is 11.8 Å². The van der Waals surface area contributed by atoms with Gasteiger partial charge in [-0.1, -0.05) is 13.8 Å². The number of carbonyl (C=O) groups is 1. The lowest BCUT2D eigenvalue weighted by Crippen LogP contribution is -2.34. The maximum absolute atomic E-state index is 12.8. The van der Waals surface area contributed by atoms with Crippen molar-refractivity contribution in [1.29, 1.82) is 0 Å². The third-order valence-electron chi connectivity index (χ3n) is 2.78. The van der Waals surface area contributed by atoms with Crippen LogP contribution in [0.25, 0.3) is 0 Å². The Morgan fingerprint density at radius 3 is 1.70 bits per heavy atom. The molecule has 0 spiro atoms. The predicted octanol–water partition coefficient (Wildman–Crippen LogP) is 3.25. The summed E-state index contributed by atoms with van der Waals surface area (Å²) in [4.78, 5) is 11.7. The van der Waals surface area contributed by atoms with Crippen molar-refractivity contribution in [3.05, 3.63) is 0 Å². The van der Waals surface area contributed by atoms with E-state index in [1.807, 2.05) is 13.8 Å². The summed E-state index contributed by atoms with van der Waals surface area (Å²) in [6.45, 7) is 12.1. The molecule has 6 heteroatoms. The molecule has 120 valence electrons. The van der Waals surface area contributed by atoms with Gasteiger partial charge in [0.2, 0.25) is 0 Å². The maximum Gasteiger partial charge on any atom is 0.331 e. The van der Waals surface area contributed by atoms with Crippen molar-refractivity contribution in [3.63, 3.8) is 0 Å². The summed E-state index contributed by atoms with van der Waals surface area (Å²) in [5, 5.41) is 10.1. The highest BCUT2D eigenvalue weighted by molar-refractivity contribution is 7.53. The first-order valence-electron chi connectivity index (χ1n) is 7.13.